The molecule has 2 heterocycles. The number of benzene rings is 3. The Kier molecular flexibility index (Phi) is 5.36. The molecule has 0 fully saturated rings. The number of hydrogen-bond acceptors (Lipinski definition) is 6. The first-order valence-corrected chi connectivity index (χ1v) is 11.0. The molecule has 8 heteroatoms. The molecule has 7 nitrogen and oxygen atoms in total. The molecule has 4 aromatic rings. The lowest BCUT2D eigenvalue weighted by atomic mass is 9.97. The molecule has 35 heavy (non-hydrogen) atoms. The lowest BCUT2D eigenvalue weighted by molar-refractivity contribution is 0.0970. The molecule has 5 rings (SSSR count). The third-order valence-electron chi connectivity index (χ3n) is 5.98. The van der Waals surface area contributed by atoms with Gasteiger partial charge in [-0.25, -0.2) is 4.39 Å². The van der Waals surface area contributed by atoms with Crippen LogP contribution in [0.15, 0.2) is 69.9 Å². The Balaban J connectivity index is 1.77. The maximum atomic E-state index is 14.0. The Morgan fingerprint density at radius 3 is 2.51 bits per heavy atom. The van der Waals surface area contributed by atoms with Gasteiger partial charge in [0.05, 0.1) is 23.6 Å². The molecule has 176 valence electrons. The molecule has 0 saturated carbocycles. The molecular formula is C27H20FNO6. The molecule has 1 aliphatic heterocycles. The summed E-state index contributed by atoms with van der Waals surface area (Å²) >= 11 is 0. The van der Waals surface area contributed by atoms with Crippen molar-refractivity contribution in [3.05, 3.63) is 99.2 Å². The van der Waals surface area contributed by atoms with E-state index in [2.05, 4.69) is 0 Å². The number of aromatic hydroxyl groups is 1. The molecule has 0 saturated heterocycles. The first kappa shape index (κ1) is 22.3. The standard InChI is InChI=1S/C27H20FNO6/c1-3-34-22-12-16(6-10-20(22)31)24-23-25(32)19-13-17(28)7-11-21(19)35-26(23)27(33)29(24)18-8-4-15(5-9-18)14(2)30/h4-13,24,31H,3H2,1-2H3. The van der Waals surface area contributed by atoms with E-state index in [0.29, 0.717) is 23.4 Å². The van der Waals surface area contributed by atoms with Gasteiger partial charge in [0.15, 0.2) is 22.7 Å². The van der Waals surface area contributed by atoms with E-state index >= 15 is 0 Å². The third kappa shape index (κ3) is 3.63. The summed E-state index contributed by atoms with van der Waals surface area (Å²) in [6.45, 7) is 3.49. The van der Waals surface area contributed by atoms with Gasteiger partial charge in [-0.15, -0.1) is 0 Å². The van der Waals surface area contributed by atoms with Crippen LogP contribution in [0.1, 0.15) is 51.9 Å². The second-order valence-corrected chi connectivity index (χ2v) is 8.16. The van der Waals surface area contributed by atoms with E-state index in [9.17, 15) is 23.9 Å². The minimum Gasteiger partial charge on any atom is -0.504 e. The number of rotatable bonds is 5. The van der Waals surface area contributed by atoms with Gasteiger partial charge in [0.25, 0.3) is 5.91 Å². The van der Waals surface area contributed by atoms with Crippen molar-refractivity contribution in [2.75, 3.05) is 11.5 Å². The number of ketones is 1. The Morgan fingerprint density at radius 2 is 1.83 bits per heavy atom. The monoisotopic (exact) mass is 473 g/mol. The summed E-state index contributed by atoms with van der Waals surface area (Å²) in [5, 5.41) is 10.2. The second kappa shape index (κ2) is 8.39. The summed E-state index contributed by atoms with van der Waals surface area (Å²) in [5.41, 5.74) is 0.990. The average molecular weight is 473 g/mol. The van der Waals surface area contributed by atoms with Crippen molar-refractivity contribution in [2.45, 2.75) is 19.9 Å². The van der Waals surface area contributed by atoms with Gasteiger partial charge in [-0.2, -0.15) is 0 Å². The molecule has 0 spiro atoms. The summed E-state index contributed by atoms with van der Waals surface area (Å²) in [7, 11) is 0. The van der Waals surface area contributed by atoms with Crippen molar-refractivity contribution in [3.8, 4) is 11.5 Å². The van der Waals surface area contributed by atoms with Gasteiger partial charge in [-0.05, 0) is 74.0 Å². The summed E-state index contributed by atoms with van der Waals surface area (Å²) in [6.07, 6.45) is 0. The van der Waals surface area contributed by atoms with E-state index in [1.54, 1.807) is 43.3 Å². The van der Waals surface area contributed by atoms with Gasteiger partial charge in [-0.3, -0.25) is 19.3 Å². The molecule has 1 atom stereocenters. The van der Waals surface area contributed by atoms with E-state index in [-0.39, 0.29) is 39.6 Å². The Hall–Kier alpha value is -4.46. The van der Waals surface area contributed by atoms with Crippen LogP contribution in [0.4, 0.5) is 10.1 Å². The number of ether oxygens (including phenoxy) is 1. The largest absolute Gasteiger partial charge is 0.504 e. The van der Waals surface area contributed by atoms with Gasteiger partial charge >= 0.3 is 0 Å². The van der Waals surface area contributed by atoms with Crippen molar-refractivity contribution in [1.29, 1.82) is 0 Å². The third-order valence-corrected chi connectivity index (χ3v) is 5.98. The summed E-state index contributed by atoms with van der Waals surface area (Å²) in [4.78, 5) is 40.3. The lowest BCUT2D eigenvalue weighted by Crippen LogP contribution is -2.29. The SMILES string of the molecule is CCOc1cc(C2c3c(oc4ccc(F)cc4c3=O)C(=O)N2c2ccc(C(C)=O)cc2)ccc1O. The molecule has 0 bridgehead atoms. The van der Waals surface area contributed by atoms with E-state index in [1.807, 2.05) is 0 Å². The van der Waals surface area contributed by atoms with Crippen molar-refractivity contribution >= 4 is 28.3 Å². The highest BCUT2D eigenvalue weighted by Crippen LogP contribution is 2.43. The molecule has 3 aromatic carbocycles. The Morgan fingerprint density at radius 1 is 1.09 bits per heavy atom. The fourth-order valence-electron chi connectivity index (χ4n) is 4.36. The summed E-state index contributed by atoms with van der Waals surface area (Å²) in [6, 6.07) is 13.6. The van der Waals surface area contributed by atoms with Gasteiger partial charge in [0.2, 0.25) is 5.76 Å². The smallest absolute Gasteiger partial charge is 0.295 e. The van der Waals surface area contributed by atoms with Crippen LogP contribution in [0.3, 0.4) is 0 Å². The van der Waals surface area contributed by atoms with Crippen molar-refractivity contribution in [1.82, 2.24) is 0 Å². The summed E-state index contributed by atoms with van der Waals surface area (Å²) in [5.74, 6) is -1.35. The van der Waals surface area contributed by atoms with Crippen molar-refractivity contribution < 1.29 is 28.2 Å². The number of hydrogen-bond donors (Lipinski definition) is 1. The fraction of sp³-hybridized carbons (Fsp3) is 0.148. The first-order valence-electron chi connectivity index (χ1n) is 11.0. The fourth-order valence-corrected chi connectivity index (χ4v) is 4.36. The van der Waals surface area contributed by atoms with Crippen LogP contribution in [0.5, 0.6) is 11.5 Å². The Bertz CT molecular complexity index is 1560. The number of carbonyl (C=O) groups excluding carboxylic acids is 2. The number of carbonyl (C=O) groups is 2. The number of phenols is 1. The number of nitrogens with zero attached hydrogens (tertiary/aromatic N) is 1. The molecule has 0 aliphatic carbocycles. The lowest BCUT2D eigenvalue weighted by Gasteiger charge is -2.26. The van der Waals surface area contributed by atoms with Crippen LogP contribution in [-0.4, -0.2) is 23.4 Å². The maximum Gasteiger partial charge on any atom is 0.295 e. The van der Waals surface area contributed by atoms with Gasteiger partial charge in [-0.1, -0.05) is 6.07 Å². The minimum absolute atomic E-state index is 0.0131. The van der Waals surface area contributed by atoms with Gasteiger partial charge < -0.3 is 14.3 Å². The van der Waals surface area contributed by atoms with Crippen molar-refractivity contribution in [2.24, 2.45) is 0 Å². The van der Waals surface area contributed by atoms with Gasteiger partial charge in [0.1, 0.15) is 11.4 Å². The van der Waals surface area contributed by atoms with Crippen LogP contribution < -0.4 is 15.1 Å². The van der Waals surface area contributed by atoms with Crippen LogP contribution in [0.2, 0.25) is 0 Å². The number of anilines is 1. The predicted molar refractivity (Wildman–Crippen MR) is 127 cm³/mol. The number of fused-ring (bicyclic) bond motifs is 2. The predicted octanol–water partition coefficient (Wildman–Crippen LogP) is 4.99. The first-order chi connectivity index (χ1) is 16.8. The number of Topliss-reactive ketones (excluding diaryl/α,β-unsaturated/α-hetero) is 1. The van der Waals surface area contributed by atoms with Gasteiger partial charge in [0, 0.05) is 11.3 Å². The Labute approximate surface area is 199 Å². The molecule has 0 radical (unpaired) electrons. The minimum atomic E-state index is -0.940. The topological polar surface area (TPSA) is 97.0 Å². The zero-order valence-corrected chi connectivity index (χ0v) is 18.9. The van der Waals surface area contributed by atoms with E-state index in [1.165, 1.54) is 24.0 Å². The van der Waals surface area contributed by atoms with E-state index in [0.717, 1.165) is 12.1 Å². The quantitative estimate of drug-likeness (QED) is 0.410. The highest BCUT2D eigenvalue weighted by Gasteiger charge is 2.44. The zero-order chi connectivity index (χ0) is 24.9. The normalized spacial score (nSPS) is 14.9. The molecule has 1 aromatic heterocycles. The highest BCUT2D eigenvalue weighted by molar-refractivity contribution is 6.11. The van der Waals surface area contributed by atoms with Crippen LogP contribution in [0.25, 0.3) is 11.0 Å². The van der Waals surface area contributed by atoms with Crippen LogP contribution >= 0.6 is 0 Å². The molecule has 1 aliphatic rings. The molecule has 1 unspecified atom stereocenters. The maximum absolute atomic E-state index is 14.0. The van der Waals surface area contributed by atoms with E-state index in [4.69, 9.17) is 9.15 Å². The average Bonchev–Trinajstić information content (AvgIpc) is 3.13. The number of phenolic OH excluding ortho intramolecular Hbond substituents is 1. The van der Waals surface area contributed by atoms with Crippen molar-refractivity contribution in [3.63, 3.8) is 0 Å². The highest BCUT2D eigenvalue weighted by atomic mass is 19.1. The number of amides is 1. The van der Waals surface area contributed by atoms with Crippen LogP contribution in [-0.2, 0) is 0 Å². The zero-order valence-electron chi connectivity index (χ0n) is 18.9. The van der Waals surface area contributed by atoms with E-state index < -0.39 is 23.2 Å². The second-order valence-electron chi connectivity index (χ2n) is 8.16. The summed E-state index contributed by atoms with van der Waals surface area (Å²) < 4.78 is 25.3. The van der Waals surface area contributed by atoms with Crippen LogP contribution in [0, 0.1) is 5.82 Å². The molecular weight excluding hydrogens is 453 g/mol. The molecule has 1 amide bonds. The molecule has 1 N–H and O–H groups in total. The number of halogens is 1.